The van der Waals surface area contributed by atoms with Gasteiger partial charge < -0.3 is 14.8 Å². The molecule has 1 aromatic carbocycles. The topological polar surface area (TPSA) is 47.6 Å². The van der Waals surface area contributed by atoms with Crippen LogP contribution in [-0.4, -0.2) is 24.7 Å². The lowest BCUT2D eigenvalue weighted by Gasteiger charge is -2.30. The molecule has 166 valence electrons. The summed E-state index contributed by atoms with van der Waals surface area (Å²) >= 11 is 0. The maximum absolute atomic E-state index is 11.1. The molecule has 1 N–H and O–H groups in total. The van der Waals surface area contributed by atoms with Crippen LogP contribution in [0.15, 0.2) is 30.0 Å². The minimum atomic E-state index is 0.00450. The minimum Gasteiger partial charge on any atom is -0.462 e. The van der Waals surface area contributed by atoms with E-state index in [4.69, 9.17) is 9.47 Å². The molecule has 3 rings (SSSR count). The second-order valence-electron chi connectivity index (χ2n) is 9.16. The Balaban J connectivity index is 1.40. The van der Waals surface area contributed by atoms with E-state index in [0.29, 0.717) is 18.6 Å². The zero-order valence-electron chi connectivity index (χ0n) is 19.0. The molecule has 1 fully saturated rings. The molecule has 1 aliphatic heterocycles. The third kappa shape index (κ3) is 7.16. The summed E-state index contributed by atoms with van der Waals surface area (Å²) in [7, 11) is 0. The van der Waals surface area contributed by atoms with Gasteiger partial charge in [0, 0.05) is 19.4 Å². The third-order valence-corrected chi connectivity index (χ3v) is 6.30. The van der Waals surface area contributed by atoms with Crippen molar-refractivity contribution in [1.29, 1.82) is 0 Å². The molecule has 1 unspecified atom stereocenters. The zero-order valence-corrected chi connectivity index (χ0v) is 19.0. The van der Waals surface area contributed by atoms with Crippen LogP contribution in [0.3, 0.4) is 0 Å². The van der Waals surface area contributed by atoms with E-state index in [1.54, 1.807) is 6.92 Å². The van der Waals surface area contributed by atoms with E-state index in [1.165, 1.54) is 49.7 Å². The van der Waals surface area contributed by atoms with Crippen LogP contribution in [-0.2, 0) is 22.4 Å². The third-order valence-electron chi connectivity index (χ3n) is 6.30. The average molecular weight is 414 g/mol. The molecule has 0 saturated heterocycles. The van der Waals surface area contributed by atoms with Crippen LogP contribution in [0.25, 0.3) is 0 Å². The Hall–Kier alpha value is -1.81. The molecule has 2 aliphatic rings. The van der Waals surface area contributed by atoms with Crippen LogP contribution in [0.1, 0.15) is 83.3 Å². The number of rotatable bonds is 10. The van der Waals surface area contributed by atoms with Crippen molar-refractivity contribution in [2.45, 2.75) is 97.1 Å². The summed E-state index contributed by atoms with van der Waals surface area (Å²) < 4.78 is 12.3. The molecule has 1 heterocycles. The molecule has 1 atom stereocenters. The van der Waals surface area contributed by atoms with E-state index < -0.39 is 0 Å². The van der Waals surface area contributed by atoms with E-state index >= 15 is 0 Å². The number of ether oxygens (including phenoxy) is 2. The number of fused-ring (bicyclic) bond motifs is 1. The number of nitrogens with one attached hydrogen (secondary N) is 1. The number of hydrogen-bond acceptors (Lipinski definition) is 3. The van der Waals surface area contributed by atoms with Gasteiger partial charge in [-0.25, -0.2) is 0 Å². The van der Waals surface area contributed by atoms with Gasteiger partial charge in [-0.1, -0.05) is 31.9 Å². The zero-order chi connectivity index (χ0) is 21.3. The van der Waals surface area contributed by atoms with Crippen LogP contribution < -0.4 is 10.1 Å². The number of carbonyl (C=O) groups is 1. The van der Waals surface area contributed by atoms with Gasteiger partial charge in [-0.05, 0) is 81.1 Å². The van der Waals surface area contributed by atoms with Crippen molar-refractivity contribution in [3.05, 3.63) is 41.2 Å². The van der Waals surface area contributed by atoms with E-state index in [-0.39, 0.29) is 11.9 Å². The molecular weight excluding hydrogens is 374 g/mol. The van der Waals surface area contributed by atoms with Crippen LogP contribution in [0, 0.1) is 5.92 Å². The Labute approximate surface area is 182 Å². The van der Waals surface area contributed by atoms with E-state index in [1.807, 2.05) is 6.92 Å². The standard InChI is InChI=1S/C26H39NO3/c1-4-5-6-7-21-10-15-26-23(16-21)11-14-25(30-26)17-22-8-12-24(13-9-22)29-18-19(2)27-20(3)28/h10,14-16,19,22,24H,4-9,11-13,17-18H2,1-3H3,(H,27,28). The van der Waals surface area contributed by atoms with Gasteiger partial charge in [0.25, 0.3) is 0 Å². The van der Waals surface area contributed by atoms with Crippen molar-refractivity contribution < 1.29 is 14.3 Å². The Bertz CT molecular complexity index is 719. The highest BCUT2D eigenvalue weighted by Gasteiger charge is 2.24. The molecule has 1 aliphatic carbocycles. The van der Waals surface area contributed by atoms with Crippen molar-refractivity contribution in [2.75, 3.05) is 6.61 Å². The molecule has 1 amide bonds. The van der Waals surface area contributed by atoms with Crippen molar-refractivity contribution in [3.63, 3.8) is 0 Å². The molecule has 0 aromatic heterocycles. The first-order chi connectivity index (χ1) is 14.5. The molecule has 30 heavy (non-hydrogen) atoms. The van der Waals surface area contributed by atoms with Gasteiger partial charge in [0.15, 0.2) is 0 Å². The molecule has 0 radical (unpaired) electrons. The van der Waals surface area contributed by atoms with E-state index in [0.717, 1.165) is 37.2 Å². The molecule has 0 spiro atoms. The minimum absolute atomic E-state index is 0.00450. The van der Waals surface area contributed by atoms with Gasteiger partial charge in [0.1, 0.15) is 11.5 Å². The first kappa shape index (κ1) is 22.9. The molecule has 0 bridgehead atoms. The quantitative estimate of drug-likeness (QED) is 0.498. The Morgan fingerprint density at radius 3 is 2.77 bits per heavy atom. The molecular formula is C26H39NO3. The first-order valence-corrected chi connectivity index (χ1v) is 11.9. The van der Waals surface area contributed by atoms with Crippen LogP contribution >= 0.6 is 0 Å². The Morgan fingerprint density at radius 1 is 1.23 bits per heavy atom. The van der Waals surface area contributed by atoms with Crippen molar-refractivity contribution in [2.24, 2.45) is 5.92 Å². The fraction of sp³-hybridized carbons (Fsp3) is 0.654. The van der Waals surface area contributed by atoms with Gasteiger partial charge in [0.05, 0.1) is 12.7 Å². The number of benzene rings is 1. The summed E-state index contributed by atoms with van der Waals surface area (Å²) in [4.78, 5) is 11.1. The number of amides is 1. The van der Waals surface area contributed by atoms with Crippen LogP contribution in [0.2, 0.25) is 0 Å². The summed E-state index contributed by atoms with van der Waals surface area (Å²) in [5.41, 5.74) is 2.77. The number of unbranched alkanes of at least 4 members (excludes halogenated alkanes) is 2. The maximum Gasteiger partial charge on any atom is 0.217 e. The fourth-order valence-electron chi connectivity index (χ4n) is 4.61. The lowest BCUT2D eigenvalue weighted by molar-refractivity contribution is -0.120. The van der Waals surface area contributed by atoms with Gasteiger partial charge in [0.2, 0.25) is 5.91 Å². The van der Waals surface area contributed by atoms with Gasteiger partial charge in [-0.2, -0.15) is 0 Å². The van der Waals surface area contributed by atoms with E-state index in [2.05, 4.69) is 36.5 Å². The Morgan fingerprint density at radius 2 is 2.03 bits per heavy atom. The second-order valence-corrected chi connectivity index (χ2v) is 9.16. The number of aryl methyl sites for hydroxylation is 1. The SMILES string of the molecule is CCCCCc1ccc2c(c1)CC=C(CC1CCC(OCC(C)NC(C)=O)CC1)O2. The fourth-order valence-corrected chi connectivity index (χ4v) is 4.61. The summed E-state index contributed by atoms with van der Waals surface area (Å²) in [5.74, 6) is 2.88. The first-order valence-electron chi connectivity index (χ1n) is 11.9. The second kappa shape index (κ2) is 11.5. The highest BCUT2D eigenvalue weighted by atomic mass is 16.5. The summed E-state index contributed by atoms with van der Waals surface area (Å²) in [6, 6.07) is 6.82. The van der Waals surface area contributed by atoms with E-state index in [9.17, 15) is 4.79 Å². The monoisotopic (exact) mass is 413 g/mol. The largest absolute Gasteiger partial charge is 0.462 e. The number of carbonyl (C=O) groups excluding carboxylic acids is 1. The predicted molar refractivity (Wildman–Crippen MR) is 122 cm³/mol. The normalized spacial score (nSPS) is 21.9. The van der Waals surface area contributed by atoms with Crippen molar-refractivity contribution in [3.8, 4) is 5.75 Å². The number of allylic oxidation sites excluding steroid dienone is 2. The van der Waals surface area contributed by atoms with Gasteiger partial charge in [-0.3, -0.25) is 4.79 Å². The van der Waals surface area contributed by atoms with Crippen molar-refractivity contribution in [1.82, 2.24) is 5.32 Å². The van der Waals surface area contributed by atoms with Gasteiger partial charge in [-0.15, -0.1) is 0 Å². The molecule has 4 nitrogen and oxygen atoms in total. The van der Waals surface area contributed by atoms with Gasteiger partial charge >= 0.3 is 0 Å². The molecule has 4 heteroatoms. The molecule has 1 saturated carbocycles. The maximum atomic E-state index is 11.1. The highest BCUT2D eigenvalue weighted by Crippen LogP contribution is 2.35. The number of hydrogen-bond donors (Lipinski definition) is 1. The summed E-state index contributed by atoms with van der Waals surface area (Å²) in [6.45, 7) is 6.39. The Kier molecular flexibility index (Phi) is 8.80. The summed E-state index contributed by atoms with van der Waals surface area (Å²) in [5, 5.41) is 2.88. The highest BCUT2D eigenvalue weighted by molar-refractivity contribution is 5.73. The molecule has 1 aromatic rings. The lowest BCUT2D eigenvalue weighted by Crippen LogP contribution is -2.36. The predicted octanol–water partition coefficient (Wildman–Crippen LogP) is 5.73. The smallest absolute Gasteiger partial charge is 0.217 e. The van der Waals surface area contributed by atoms with Crippen molar-refractivity contribution >= 4 is 5.91 Å². The lowest BCUT2D eigenvalue weighted by atomic mass is 9.84. The van der Waals surface area contributed by atoms with Crippen LogP contribution in [0.5, 0.6) is 5.75 Å². The average Bonchev–Trinajstić information content (AvgIpc) is 2.73. The summed E-state index contributed by atoms with van der Waals surface area (Å²) in [6.07, 6.45) is 14.2. The van der Waals surface area contributed by atoms with Crippen LogP contribution in [0.4, 0.5) is 0 Å².